The highest BCUT2D eigenvalue weighted by atomic mass is 14.0. The Bertz CT molecular complexity index is 309. The van der Waals surface area contributed by atoms with Crippen LogP contribution in [0.4, 0.5) is 0 Å². The summed E-state index contributed by atoms with van der Waals surface area (Å²) in [5.41, 5.74) is 5.79. The highest BCUT2D eigenvalue weighted by molar-refractivity contribution is 5.38. The summed E-state index contributed by atoms with van der Waals surface area (Å²) in [6.07, 6.45) is 12.5. The van der Waals surface area contributed by atoms with Gasteiger partial charge < -0.3 is 0 Å². The first-order chi connectivity index (χ1) is 8.51. The lowest BCUT2D eigenvalue weighted by Crippen LogP contribution is -1.85. The van der Waals surface area contributed by atoms with E-state index in [-0.39, 0.29) is 0 Å². The second-order valence-electron chi connectivity index (χ2n) is 5.60. The van der Waals surface area contributed by atoms with Gasteiger partial charge in [0.1, 0.15) is 0 Å². The molecule has 0 fully saturated rings. The first kappa shape index (κ1) is 17.2. The molecule has 0 bridgehead atoms. The van der Waals surface area contributed by atoms with Gasteiger partial charge in [-0.2, -0.15) is 0 Å². The van der Waals surface area contributed by atoms with Crippen molar-refractivity contribution in [2.24, 2.45) is 0 Å². The highest BCUT2D eigenvalue weighted by Gasteiger charge is 1.97. The first-order valence-electron chi connectivity index (χ1n) is 7.53. The minimum absolute atomic E-state index is 1.14. The van der Waals surface area contributed by atoms with Crippen molar-refractivity contribution in [3.63, 3.8) is 0 Å². The number of allylic oxidation sites excluding steroid dienone is 6. The Labute approximate surface area is 115 Å². The molecule has 0 aliphatic carbocycles. The maximum atomic E-state index is 2.38. The molecule has 0 radical (unpaired) electrons. The predicted octanol–water partition coefficient (Wildman–Crippen LogP) is 6.60. The number of rotatable bonds is 8. The summed E-state index contributed by atoms with van der Waals surface area (Å²) in [5.74, 6) is 0. The number of unbranched alkanes of at least 4 members (excludes halogenated alkanes) is 3. The van der Waals surface area contributed by atoms with Gasteiger partial charge in [0.15, 0.2) is 0 Å². The van der Waals surface area contributed by atoms with Crippen LogP contribution in [0.25, 0.3) is 0 Å². The van der Waals surface area contributed by atoms with Crippen molar-refractivity contribution >= 4 is 0 Å². The molecule has 0 atom stereocenters. The molecule has 0 nitrogen and oxygen atoms in total. The van der Waals surface area contributed by atoms with Crippen molar-refractivity contribution in [3.05, 3.63) is 34.4 Å². The van der Waals surface area contributed by atoms with E-state index in [0.717, 1.165) is 6.42 Å². The van der Waals surface area contributed by atoms with Gasteiger partial charge >= 0.3 is 0 Å². The summed E-state index contributed by atoms with van der Waals surface area (Å²) in [5, 5.41) is 0. The molecular formula is C18H32. The van der Waals surface area contributed by atoms with Crippen LogP contribution in [0.5, 0.6) is 0 Å². The van der Waals surface area contributed by atoms with Gasteiger partial charge in [-0.1, -0.05) is 62.0 Å². The molecule has 0 aliphatic heterocycles. The number of hydrogen-bond acceptors (Lipinski definition) is 0. The van der Waals surface area contributed by atoms with Gasteiger partial charge in [-0.05, 0) is 52.5 Å². The molecule has 0 aromatic rings. The third-order valence-electron chi connectivity index (χ3n) is 3.36. The van der Waals surface area contributed by atoms with E-state index in [4.69, 9.17) is 0 Å². The van der Waals surface area contributed by atoms with Gasteiger partial charge in [-0.25, -0.2) is 0 Å². The Morgan fingerprint density at radius 2 is 1.39 bits per heavy atom. The third-order valence-corrected chi connectivity index (χ3v) is 3.36. The molecule has 0 saturated heterocycles. The quantitative estimate of drug-likeness (QED) is 0.335. The summed E-state index contributed by atoms with van der Waals surface area (Å²) in [4.78, 5) is 0. The van der Waals surface area contributed by atoms with Crippen LogP contribution in [0.15, 0.2) is 34.4 Å². The monoisotopic (exact) mass is 248 g/mol. The Balaban J connectivity index is 4.53. The van der Waals surface area contributed by atoms with E-state index in [2.05, 4.69) is 53.7 Å². The largest absolute Gasteiger partial charge is 0.0730 e. The summed E-state index contributed by atoms with van der Waals surface area (Å²) in [6.45, 7) is 13.4. The smallest absolute Gasteiger partial charge is 0.0271 e. The number of hydrogen-bond donors (Lipinski definition) is 0. The van der Waals surface area contributed by atoms with Crippen LogP contribution in [0.3, 0.4) is 0 Å². The van der Waals surface area contributed by atoms with Crippen LogP contribution in [0, 0.1) is 0 Å². The highest BCUT2D eigenvalue weighted by Crippen LogP contribution is 2.17. The second kappa shape index (κ2) is 10.2. The normalized spacial score (nSPS) is 12.8. The van der Waals surface area contributed by atoms with E-state index >= 15 is 0 Å². The Hall–Kier alpha value is -0.780. The minimum atomic E-state index is 1.14. The lowest BCUT2D eigenvalue weighted by atomic mass is 10.0. The molecule has 0 heteroatoms. The zero-order valence-corrected chi connectivity index (χ0v) is 13.4. The topological polar surface area (TPSA) is 0 Å². The van der Waals surface area contributed by atoms with Crippen molar-refractivity contribution in [2.75, 3.05) is 0 Å². The maximum absolute atomic E-state index is 2.38. The van der Waals surface area contributed by atoms with E-state index < -0.39 is 0 Å². The Morgan fingerprint density at radius 1 is 0.778 bits per heavy atom. The lowest BCUT2D eigenvalue weighted by Gasteiger charge is -2.06. The summed E-state index contributed by atoms with van der Waals surface area (Å²) >= 11 is 0. The average Bonchev–Trinajstić information content (AvgIpc) is 2.33. The minimum Gasteiger partial charge on any atom is -0.0730 e. The van der Waals surface area contributed by atoms with Gasteiger partial charge in [0.25, 0.3) is 0 Å². The molecular weight excluding hydrogens is 216 g/mol. The molecule has 0 unspecified atom stereocenters. The van der Waals surface area contributed by atoms with E-state index in [9.17, 15) is 0 Å². The van der Waals surface area contributed by atoms with Gasteiger partial charge in [-0.3, -0.25) is 0 Å². The van der Waals surface area contributed by atoms with Gasteiger partial charge in [0.05, 0.1) is 0 Å². The van der Waals surface area contributed by atoms with Crippen molar-refractivity contribution < 1.29 is 0 Å². The molecule has 0 aliphatic rings. The zero-order chi connectivity index (χ0) is 14.0. The van der Waals surface area contributed by atoms with Crippen LogP contribution in [0.1, 0.15) is 80.1 Å². The SMILES string of the molecule is CCCCCC/C(C)=C\C(/C=C(/C)CC)=C(C)C. The standard InChI is InChI=1S/C18H32/c1-7-9-10-11-12-17(6)14-18(15(3)4)13-16(5)8-2/h13-14H,7-12H2,1-6H3/b16-13-,17-14-. The van der Waals surface area contributed by atoms with Crippen LogP contribution >= 0.6 is 0 Å². The summed E-state index contributed by atoms with van der Waals surface area (Å²) < 4.78 is 0. The van der Waals surface area contributed by atoms with Crippen molar-refractivity contribution in [3.8, 4) is 0 Å². The van der Waals surface area contributed by atoms with Gasteiger partial charge in [-0.15, -0.1) is 0 Å². The second-order valence-corrected chi connectivity index (χ2v) is 5.60. The van der Waals surface area contributed by atoms with Crippen LogP contribution in [-0.4, -0.2) is 0 Å². The fraction of sp³-hybridized carbons (Fsp3) is 0.667. The summed E-state index contributed by atoms with van der Waals surface area (Å²) in [6, 6.07) is 0. The predicted molar refractivity (Wildman–Crippen MR) is 84.9 cm³/mol. The van der Waals surface area contributed by atoms with Crippen molar-refractivity contribution in [1.82, 2.24) is 0 Å². The first-order valence-corrected chi connectivity index (χ1v) is 7.53. The molecule has 18 heavy (non-hydrogen) atoms. The molecule has 0 rings (SSSR count). The zero-order valence-electron chi connectivity index (χ0n) is 13.4. The summed E-state index contributed by atoms with van der Waals surface area (Å²) in [7, 11) is 0. The van der Waals surface area contributed by atoms with Gasteiger partial charge in [0.2, 0.25) is 0 Å². The van der Waals surface area contributed by atoms with Crippen LogP contribution in [0.2, 0.25) is 0 Å². The molecule has 104 valence electrons. The van der Waals surface area contributed by atoms with E-state index in [0.29, 0.717) is 0 Å². The van der Waals surface area contributed by atoms with Crippen LogP contribution in [-0.2, 0) is 0 Å². The van der Waals surface area contributed by atoms with Crippen molar-refractivity contribution in [2.45, 2.75) is 80.1 Å². The fourth-order valence-electron chi connectivity index (χ4n) is 1.87. The van der Waals surface area contributed by atoms with E-state index in [1.807, 2.05) is 0 Å². The fourth-order valence-corrected chi connectivity index (χ4v) is 1.87. The average molecular weight is 248 g/mol. The Kier molecular flexibility index (Phi) is 9.73. The molecule has 0 spiro atoms. The lowest BCUT2D eigenvalue weighted by molar-refractivity contribution is 0.664. The molecule has 0 heterocycles. The molecule has 0 aromatic carbocycles. The molecule has 0 aromatic heterocycles. The van der Waals surface area contributed by atoms with Gasteiger partial charge in [0, 0.05) is 0 Å². The van der Waals surface area contributed by atoms with Crippen molar-refractivity contribution in [1.29, 1.82) is 0 Å². The molecule has 0 saturated carbocycles. The van der Waals surface area contributed by atoms with E-state index in [1.54, 1.807) is 0 Å². The third kappa shape index (κ3) is 8.33. The Morgan fingerprint density at radius 3 is 1.89 bits per heavy atom. The van der Waals surface area contributed by atoms with E-state index in [1.165, 1.54) is 54.4 Å². The maximum Gasteiger partial charge on any atom is -0.0271 e. The molecule has 0 amide bonds. The molecule has 0 N–H and O–H groups in total. The van der Waals surface area contributed by atoms with Crippen LogP contribution < -0.4 is 0 Å².